The van der Waals surface area contributed by atoms with Crippen molar-refractivity contribution in [2.45, 2.75) is 19.5 Å². The van der Waals surface area contributed by atoms with Gasteiger partial charge in [-0.05, 0) is 24.1 Å². The number of amides is 1. The van der Waals surface area contributed by atoms with Crippen LogP contribution in [0.25, 0.3) is 0 Å². The van der Waals surface area contributed by atoms with Gasteiger partial charge in [-0.15, -0.1) is 0 Å². The minimum absolute atomic E-state index is 0.0138. The predicted octanol–water partition coefficient (Wildman–Crippen LogP) is 1.73. The van der Waals surface area contributed by atoms with E-state index in [4.69, 9.17) is 5.73 Å². The van der Waals surface area contributed by atoms with Gasteiger partial charge in [-0.1, -0.05) is 35.9 Å². The second kappa shape index (κ2) is 7.55. The van der Waals surface area contributed by atoms with Crippen LogP contribution in [0.1, 0.15) is 22.7 Å². The maximum atomic E-state index is 12.6. The van der Waals surface area contributed by atoms with Crippen molar-refractivity contribution in [3.05, 3.63) is 65.5 Å². The lowest BCUT2D eigenvalue weighted by atomic mass is 10.0. The highest BCUT2D eigenvalue weighted by Crippen LogP contribution is 2.16. The normalized spacial score (nSPS) is 16.8. The fourth-order valence-corrected chi connectivity index (χ4v) is 2.99. The van der Waals surface area contributed by atoms with Gasteiger partial charge in [-0.2, -0.15) is 0 Å². The Balaban J connectivity index is 1.54. The maximum Gasteiger partial charge on any atom is 0.244 e. The summed E-state index contributed by atoms with van der Waals surface area (Å²) in [4.78, 5) is 21.0. The lowest BCUT2D eigenvalue weighted by molar-refractivity contribution is -0.134. The highest BCUT2D eigenvalue weighted by atomic mass is 16.2. The van der Waals surface area contributed by atoms with Gasteiger partial charge in [0.1, 0.15) is 6.04 Å². The predicted molar refractivity (Wildman–Crippen MR) is 94.2 cm³/mol. The van der Waals surface area contributed by atoms with Gasteiger partial charge in [0.05, 0.1) is 0 Å². The number of rotatable bonds is 4. The Hall–Kier alpha value is -2.24. The van der Waals surface area contributed by atoms with Gasteiger partial charge in [0.2, 0.25) is 5.91 Å². The Kier molecular flexibility index (Phi) is 5.23. The second-order valence-corrected chi connectivity index (χ2v) is 6.35. The van der Waals surface area contributed by atoms with Gasteiger partial charge in [-0.25, -0.2) is 0 Å². The summed E-state index contributed by atoms with van der Waals surface area (Å²) in [5.74, 6) is 0.0138. The van der Waals surface area contributed by atoms with Crippen LogP contribution in [-0.4, -0.2) is 46.9 Å². The van der Waals surface area contributed by atoms with Gasteiger partial charge >= 0.3 is 0 Å². The molecule has 1 saturated heterocycles. The molecule has 1 aliphatic heterocycles. The molecule has 1 atom stereocenters. The number of nitrogens with zero attached hydrogens (tertiary/aromatic N) is 3. The highest BCUT2D eigenvalue weighted by molar-refractivity contribution is 5.83. The molecule has 1 aromatic heterocycles. The van der Waals surface area contributed by atoms with E-state index in [0.29, 0.717) is 0 Å². The SMILES string of the molecule is Cc1ccc(C(N)C(=O)N2CCN(Cc3cccnc3)CC2)cc1. The standard InChI is InChI=1S/C19H24N4O/c1-15-4-6-17(7-5-15)18(20)19(24)23-11-9-22(10-12-23)14-16-3-2-8-21-13-16/h2-8,13,18H,9-12,14,20H2,1H3. The van der Waals surface area contributed by atoms with Crippen molar-refractivity contribution >= 4 is 5.91 Å². The van der Waals surface area contributed by atoms with Gasteiger partial charge in [0, 0.05) is 45.1 Å². The van der Waals surface area contributed by atoms with Gasteiger partial charge in [-0.3, -0.25) is 14.7 Å². The fraction of sp³-hybridized carbons (Fsp3) is 0.368. The second-order valence-electron chi connectivity index (χ2n) is 6.35. The Morgan fingerprint density at radius 3 is 2.50 bits per heavy atom. The number of hydrogen-bond donors (Lipinski definition) is 1. The number of carbonyl (C=O) groups excluding carboxylic acids is 1. The van der Waals surface area contributed by atoms with Crippen molar-refractivity contribution in [1.29, 1.82) is 0 Å². The summed E-state index contributed by atoms with van der Waals surface area (Å²) in [6, 6.07) is 11.3. The van der Waals surface area contributed by atoms with Crippen LogP contribution < -0.4 is 5.73 Å². The molecular weight excluding hydrogens is 300 g/mol. The Bertz CT molecular complexity index is 664. The van der Waals surface area contributed by atoms with E-state index in [9.17, 15) is 4.79 Å². The average molecular weight is 324 g/mol. The molecule has 2 heterocycles. The fourth-order valence-electron chi connectivity index (χ4n) is 2.99. The first kappa shape index (κ1) is 16.6. The molecule has 0 radical (unpaired) electrons. The number of pyridine rings is 1. The zero-order valence-electron chi connectivity index (χ0n) is 14.1. The molecule has 5 heteroatoms. The quantitative estimate of drug-likeness (QED) is 0.930. The summed E-state index contributed by atoms with van der Waals surface area (Å²) < 4.78 is 0. The molecule has 1 aromatic carbocycles. The Morgan fingerprint density at radius 1 is 1.17 bits per heavy atom. The Labute approximate surface area is 143 Å². The molecule has 1 unspecified atom stereocenters. The molecule has 5 nitrogen and oxygen atoms in total. The van der Waals surface area contributed by atoms with Crippen LogP contribution in [0.4, 0.5) is 0 Å². The summed E-state index contributed by atoms with van der Waals surface area (Å²) in [6.07, 6.45) is 3.68. The first-order valence-corrected chi connectivity index (χ1v) is 8.35. The Morgan fingerprint density at radius 2 is 1.88 bits per heavy atom. The molecule has 1 fully saturated rings. The molecule has 0 aliphatic carbocycles. The third-order valence-corrected chi connectivity index (χ3v) is 4.52. The number of nitrogens with two attached hydrogens (primary N) is 1. The molecule has 0 saturated carbocycles. The smallest absolute Gasteiger partial charge is 0.244 e. The number of benzene rings is 1. The van der Waals surface area contributed by atoms with Crippen LogP contribution in [0.3, 0.4) is 0 Å². The van der Waals surface area contributed by atoms with Gasteiger partial charge in [0.25, 0.3) is 0 Å². The van der Waals surface area contributed by atoms with E-state index in [2.05, 4.69) is 16.0 Å². The molecule has 24 heavy (non-hydrogen) atoms. The molecule has 2 N–H and O–H groups in total. The third-order valence-electron chi connectivity index (χ3n) is 4.52. The zero-order chi connectivity index (χ0) is 16.9. The van der Waals surface area contributed by atoms with Gasteiger partial charge in [0.15, 0.2) is 0 Å². The first-order chi connectivity index (χ1) is 11.6. The maximum absolute atomic E-state index is 12.6. The van der Waals surface area contributed by atoms with E-state index < -0.39 is 6.04 Å². The van der Waals surface area contributed by atoms with E-state index in [1.165, 1.54) is 11.1 Å². The van der Waals surface area contributed by atoms with Crippen LogP contribution in [0, 0.1) is 6.92 Å². The lowest BCUT2D eigenvalue weighted by Gasteiger charge is -2.36. The highest BCUT2D eigenvalue weighted by Gasteiger charge is 2.26. The van der Waals surface area contributed by atoms with E-state index >= 15 is 0 Å². The zero-order valence-corrected chi connectivity index (χ0v) is 14.1. The summed E-state index contributed by atoms with van der Waals surface area (Å²) >= 11 is 0. The number of aryl methyl sites for hydroxylation is 1. The van der Waals surface area contributed by atoms with Crippen molar-refractivity contribution in [2.24, 2.45) is 5.73 Å². The molecule has 1 aliphatic rings. The average Bonchev–Trinajstić information content (AvgIpc) is 2.63. The number of hydrogen-bond acceptors (Lipinski definition) is 4. The van der Waals surface area contributed by atoms with E-state index in [1.807, 2.05) is 48.4 Å². The molecule has 2 aromatic rings. The summed E-state index contributed by atoms with van der Waals surface area (Å²) in [5, 5.41) is 0. The topological polar surface area (TPSA) is 62.5 Å². The van der Waals surface area contributed by atoms with Gasteiger partial charge < -0.3 is 10.6 Å². The molecule has 0 spiro atoms. The summed E-state index contributed by atoms with van der Waals surface area (Å²) in [6.45, 7) is 6.07. The van der Waals surface area contributed by atoms with Crippen molar-refractivity contribution in [1.82, 2.24) is 14.8 Å². The third kappa shape index (κ3) is 3.99. The van der Waals surface area contributed by atoms with Crippen molar-refractivity contribution in [3.63, 3.8) is 0 Å². The summed E-state index contributed by atoms with van der Waals surface area (Å²) in [7, 11) is 0. The van der Waals surface area contributed by atoms with Crippen LogP contribution in [0.15, 0.2) is 48.8 Å². The first-order valence-electron chi connectivity index (χ1n) is 8.35. The number of piperazine rings is 1. The molecule has 126 valence electrons. The monoisotopic (exact) mass is 324 g/mol. The van der Waals surface area contributed by atoms with E-state index in [1.54, 1.807) is 6.20 Å². The molecule has 0 bridgehead atoms. The van der Waals surface area contributed by atoms with E-state index in [-0.39, 0.29) is 5.91 Å². The van der Waals surface area contributed by atoms with Crippen molar-refractivity contribution in [2.75, 3.05) is 26.2 Å². The van der Waals surface area contributed by atoms with Crippen LogP contribution in [0.2, 0.25) is 0 Å². The molecular formula is C19H24N4O. The van der Waals surface area contributed by atoms with Crippen LogP contribution >= 0.6 is 0 Å². The largest absolute Gasteiger partial charge is 0.338 e. The lowest BCUT2D eigenvalue weighted by Crippen LogP contribution is -2.50. The number of aromatic nitrogens is 1. The minimum Gasteiger partial charge on any atom is -0.338 e. The van der Waals surface area contributed by atoms with Crippen LogP contribution in [0.5, 0.6) is 0 Å². The van der Waals surface area contributed by atoms with Crippen molar-refractivity contribution in [3.8, 4) is 0 Å². The van der Waals surface area contributed by atoms with E-state index in [0.717, 1.165) is 38.3 Å². The molecule has 3 rings (SSSR count). The summed E-state index contributed by atoms with van der Waals surface area (Å²) in [5.41, 5.74) is 9.41. The number of carbonyl (C=O) groups is 1. The van der Waals surface area contributed by atoms with Crippen molar-refractivity contribution < 1.29 is 4.79 Å². The molecule has 1 amide bonds. The van der Waals surface area contributed by atoms with Crippen LogP contribution in [-0.2, 0) is 11.3 Å². The minimum atomic E-state index is -0.574.